The molecule has 0 saturated carbocycles. The van der Waals surface area contributed by atoms with Gasteiger partial charge in [0.05, 0.1) is 14.0 Å². The first-order chi connectivity index (χ1) is 8.27. The molecule has 1 aromatic carbocycles. The first-order valence-electron chi connectivity index (χ1n) is 5.34. The van der Waals surface area contributed by atoms with Gasteiger partial charge in [-0.25, -0.2) is 4.98 Å². The second-order valence-corrected chi connectivity index (χ2v) is 7.96. The number of halogens is 2. The van der Waals surface area contributed by atoms with Crippen LogP contribution in [0.25, 0.3) is 10.2 Å². The van der Waals surface area contributed by atoms with Crippen molar-refractivity contribution in [3.63, 3.8) is 0 Å². The van der Waals surface area contributed by atoms with Crippen LogP contribution in [0.1, 0.15) is 19.4 Å². The first kappa shape index (κ1) is 13.8. The van der Waals surface area contributed by atoms with E-state index < -0.39 is 4.32 Å². The molecule has 0 bridgehead atoms. The van der Waals surface area contributed by atoms with Crippen molar-refractivity contribution in [1.82, 2.24) is 4.98 Å². The molecule has 0 aliphatic carbocycles. The van der Waals surface area contributed by atoms with E-state index in [4.69, 9.17) is 11.6 Å². The molecule has 2 rings (SSSR count). The van der Waals surface area contributed by atoms with E-state index in [1.54, 1.807) is 13.8 Å². The van der Waals surface area contributed by atoms with Gasteiger partial charge in [-0.05, 0) is 38.5 Å². The number of hydrogen-bond donors (Lipinski definition) is 1. The highest BCUT2D eigenvalue weighted by Crippen LogP contribution is 2.32. The number of hydrogen-bond acceptors (Lipinski definition) is 3. The van der Waals surface area contributed by atoms with E-state index in [0.29, 0.717) is 10.2 Å². The second kappa shape index (κ2) is 4.79. The molecular formula is C12H12BrClN2OS. The maximum absolute atomic E-state index is 11.8. The minimum atomic E-state index is -0.620. The number of amides is 1. The number of carbonyl (C=O) groups excluding carboxylic acids is 1. The molecule has 1 heterocycles. The van der Waals surface area contributed by atoms with Gasteiger partial charge in [-0.3, -0.25) is 4.79 Å². The number of anilines is 1. The number of rotatable bonds is 2. The van der Waals surface area contributed by atoms with Crippen LogP contribution in [-0.2, 0) is 4.79 Å². The molecule has 1 amide bonds. The lowest BCUT2D eigenvalue weighted by Gasteiger charge is -2.13. The Hall–Kier alpha value is -0.650. The third-order valence-corrected chi connectivity index (χ3v) is 3.92. The van der Waals surface area contributed by atoms with Gasteiger partial charge in [0.25, 0.3) is 0 Å². The van der Waals surface area contributed by atoms with Gasteiger partial charge < -0.3 is 5.32 Å². The maximum atomic E-state index is 11.8. The van der Waals surface area contributed by atoms with Crippen LogP contribution in [0.2, 0.25) is 5.02 Å². The number of aryl methyl sites for hydroxylation is 1. The van der Waals surface area contributed by atoms with Crippen LogP contribution in [0, 0.1) is 6.92 Å². The van der Waals surface area contributed by atoms with Crippen molar-refractivity contribution >= 4 is 60.1 Å². The zero-order valence-corrected chi connectivity index (χ0v) is 13.3. The van der Waals surface area contributed by atoms with Crippen LogP contribution >= 0.6 is 38.9 Å². The van der Waals surface area contributed by atoms with Gasteiger partial charge >= 0.3 is 0 Å². The van der Waals surface area contributed by atoms with Crippen molar-refractivity contribution in [2.75, 3.05) is 5.32 Å². The third-order valence-electron chi connectivity index (χ3n) is 2.35. The maximum Gasteiger partial charge on any atom is 0.242 e. The summed E-state index contributed by atoms with van der Waals surface area (Å²) in [5.41, 5.74) is 1.81. The highest BCUT2D eigenvalue weighted by Gasteiger charge is 2.24. The molecule has 0 fully saturated rings. The molecule has 0 saturated heterocycles. The number of alkyl halides is 1. The van der Waals surface area contributed by atoms with Gasteiger partial charge in [-0.2, -0.15) is 0 Å². The molecule has 96 valence electrons. The van der Waals surface area contributed by atoms with Crippen molar-refractivity contribution in [3.05, 3.63) is 22.7 Å². The summed E-state index contributed by atoms with van der Waals surface area (Å²) in [7, 11) is 0. The molecule has 3 nitrogen and oxygen atoms in total. The van der Waals surface area contributed by atoms with Crippen molar-refractivity contribution in [2.24, 2.45) is 0 Å². The van der Waals surface area contributed by atoms with E-state index in [2.05, 4.69) is 26.2 Å². The van der Waals surface area contributed by atoms with Gasteiger partial charge in [-0.15, -0.1) is 0 Å². The van der Waals surface area contributed by atoms with Gasteiger partial charge in [0, 0.05) is 0 Å². The molecule has 6 heteroatoms. The number of nitrogens with one attached hydrogen (secondary N) is 1. The molecule has 1 aromatic heterocycles. The van der Waals surface area contributed by atoms with Crippen LogP contribution in [-0.4, -0.2) is 15.2 Å². The molecule has 0 aliphatic rings. The van der Waals surface area contributed by atoms with E-state index in [0.717, 1.165) is 15.8 Å². The minimum absolute atomic E-state index is 0.130. The summed E-state index contributed by atoms with van der Waals surface area (Å²) >= 11 is 10.9. The summed E-state index contributed by atoms with van der Waals surface area (Å²) in [4.78, 5) is 16.2. The lowest BCUT2D eigenvalue weighted by molar-refractivity contribution is -0.117. The van der Waals surface area contributed by atoms with Gasteiger partial charge in [0.15, 0.2) is 5.13 Å². The Morgan fingerprint density at radius 2 is 2.17 bits per heavy atom. The summed E-state index contributed by atoms with van der Waals surface area (Å²) in [5.74, 6) is -0.130. The third kappa shape index (κ3) is 2.84. The Labute approximate surface area is 123 Å². The normalized spacial score (nSPS) is 11.8. The second-order valence-electron chi connectivity index (χ2n) is 4.54. The van der Waals surface area contributed by atoms with E-state index in [9.17, 15) is 4.79 Å². The van der Waals surface area contributed by atoms with Crippen molar-refractivity contribution in [1.29, 1.82) is 0 Å². The molecule has 2 aromatic rings. The SMILES string of the molecule is Cc1cc(Cl)c2nc(NC(=O)C(C)(C)Br)sc2c1. The predicted octanol–water partition coefficient (Wildman–Crippen LogP) is 4.37. The average Bonchev–Trinajstić information content (AvgIpc) is 2.58. The Kier molecular flexibility index (Phi) is 3.67. The van der Waals surface area contributed by atoms with E-state index >= 15 is 0 Å². The van der Waals surface area contributed by atoms with E-state index in [-0.39, 0.29) is 5.91 Å². The topological polar surface area (TPSA) is 42.0 Å². The number of benzene rings is 1. The number of aromatic nitrogens is 1. The summed E-state index contributed by atoms with van der Waals surface area (Å²) in [6.45, 7) is 5.55. The predicted molar refractivity (Wildman–Crippen MR) is 81.0 cm³/mol. The van der Waals surface area contributed by atoms with Crippen molar-refractivity contribution < 1.29 is 4.79 Å². The van der Waals surface area contributed by atoms with Crippen LogP contribution in [0.15, 0.2) is 12.1 Å². The highest BCUT2D eigenvalue weighted by atomic mass is 79.9. The molecule has 1 N–H and O–H groups in total. The number of nitrogens with zero attached hydrogens (tertiary/aromatic N) is 1. The van der Waals surface area contributed by atoms with E-state index in [1.165, 1.54) is 11.3 Å². The zero-order valence-electron chi connectivity index (χ0n) is 10.2. The van der Waals surface area contributed by atoms with E-state index in [1.807, 2.05) is 19.1 Å². The fourth-order valence-electron chi connectivity index (χ4n) is 1.42. The minimum Gasteiger partial charge on any atom is -0.301 e. The number of carbonyl (C=O) groups is 1. The Bertz CT molecular complexity index is 618. The van der Waals surface area contributed by atoms with Crippen molar-refractivity contribution in [3.8, 4) is 0 Å². The van der Waals surface area contributed by atoms with Gasteiger partial charge in [0.1, 0.15) is 5.52 Å². The van der Waals surface area contributed by atoms with Gasteiger partial charge in [-0.1, -0.05) is 38.9 Å². The summed E-state index contributed by atoms with van der Waals surface area (Å²) in [5, 5.41) is 3.96. The largest absolute Gasteiger partial charge is 0.301 e. The molecule has 0 unspecified atom stereocenters. The molecular weight excluding hydrogens is 336 g/mol. The standard InChI is InChI=1S/C12H12BrClN2OS/c1-6-4-7(14)9-8(5-6)18-11(15-9)16-10(17)12(2,3)13/h4-5H,1-3H3,(H,15,16,17). The number of fused-ring (bicyclic) bond motifs is 1. The van der Waals surface area contributed by atoms with Crippen LogP contribution < -0.4 is 5.32 Å². The quantitative estimate of drug-likeness (QED) is 0.820. The van der Waals surface area contributed by atoms with Crippen LogP contribution in [0.3, 0.4) is 0 Å². The summed E-state index contributed by atoms with van der Waals surface area (Å²) in [6.07, 6.45) is 0. The lowest BCUT2D eigenvalue weighted by atomic mass is 10.2. The molecule has 0 aliphatic heterocycles. The Balaban J connectivity index is 2.37. The van der Waals surface area contributed by atoms with Crippen molar-refractivity contribution in [2.45, 2.75) is 25.1 Å². The fraction of sp³-hybridized carbons (Fsp3) is 0.333. The zero-order chi connectivity index (χ0) is 13.5. The summed E-state index contributed by atoms with van der Waals surface area (Å²) < 4.78 is 0.354. The summed E-state index contributed by atoms with van der Waals surface area (Å²) in [6, 6.07) is 3.87. The fourth-order valence-corrected chi connectivity index (χ4v) is 2.87. The molecule has 0 atom stereocenters. The lowest BCUT2D eigenvalue weighted by Crippen LogP contribution is -2.30. The van der Waals surface area contributed by atoms with Crippen LogP contribution in [0.5, 0.6) is 0 Å². The van der Waals surface area contributed by atoms with Gasteiger partial charge in [0.2, 0.25) is 5.91 Å². The average molecular weight is 348 g/mol. The first-order valence-corrected chi connectivity index (χ1v) is 7.33. The molecule has 18 heavy (non-hydrogen) atoms. The highest BCUT2D eigenvalue weighted by molar-refractivity contribution is 9.10. The smallest absolute Gasteiger partial charge is 0.242 e. The Morgan fingerprint density at radius 3 is 2.78 bits per heavy atom. The number of thiazole rings is 1. The monoisotopic (exact) mass is 346 g/mol. The van der Waals surface area contributed by atoms with Crippen LogP contribution in [0.4, 0.5) is 5.13 Å². The molecule has 0 radical (unpaired) electrons. The Morgan fingerprint density at radius 1 is 1.50 bits per heavy atom. The molecule has 0 spiro atoms.